The van der Waals surface area contributed by atoms with E-state index in [2.05, 4.69) is 32.1 Å². The van der Waals surface area contributed by atoms with E-state index >= 15 is 0 Å². The van der Waals surface area contributed by atoms with Crippen LogP contribution in [-0.2, 0) is 23.9 Å². The van der Waals surface area contributed by atoms with Crippen LogP contribution in [0.2, 0.25) is 0 Å². The standard InChI is InChI=1S/C25H40N6O6S2/c1-25(2,3)37-24(36)29-19(12-14-39-5)23(35)26-15-20(32)28-18(11-13-38-4)22(34)27-16-21(33)31-30-17-9-7-6-8-10-17/h6-10,18-19,30H,11-16H2,1-5H3,(H,26,35)(H,27,34)(H,28,32)(H,29,36)(H,31,33)/t18-,19-/m0/s1. The van der Waals surface area contributed by atoms with E-state index in [1.54, 1.807) is 45.0 Å². The minimum Gasteiger partial charge on any atom is -0.444 e. The Labute approximate surface area is 238 Å². The summed E-state index contributed by atoms with van der Waals surface area (Å²) in [6.45, 7) is 4.45. The zero-order valence-electron chi connectivity index (χ0n) is 23.1. The quantitative estimate of drug-likeness (QED) is 0.157. The summed E-state index contributed by atoms with van der Waals surface area (Å²) in [7, 11) is 0. The molecule has 39 heavy (non-hydrogen) atoms. The van der Waals surface area contributed by atoms with E-state index in [4.69, 9.17) is 4.74 Å². The van der Waals surface area contributed by atoms with E-state index in [0.29, 0.717) is 30.0 Å². The van der Waals surface area contributed by atoms with Gasteiger partial charge in [0.2, 0.25) is 17.7 Å². The van der Waals surface area contributed by atoms with Gasteiger partial charge < -0.3 is 26.0 Å². The second-order valence-corrected chi connectivity index (χ2v) is 11.3. The highest BCUT2D eigenvalue weighted by Crippen LogP contribution is 2.08. The van der Waals surface area contributed by atoms with Gasteiger partial charge in [0, 0.05) is 0 Å². The van der Waals surface area contributed by atoms with Crippen molar-refractivity contribution in [3.05, 3.63) is 30.3 Å². The second kappa shape index (κ2) is 18.2. The number of hydrazine groups is 1. The molecule has 0 aliphatic rings. The van der Waals surface area contributed by atoms with Gasteiger partial charge in [-0.25, -0.2) is 4.79 Å². The Hall–Kier alpha value is -3.13. The van der Waals surface area contributed by atoms with Gasteiger partial charge in [-0.15, -0.1) is 0 Å². The SMILES string of the molecule is CSCC[C@H](NC(=O)CNC(=O)[C@H](CCSC)NC(=O)OC(C)(C)C)C(=O)NCC(=O)NNc1ccccc1. The number of rotatable bonds is 16. The number of hydrogen-bond donors (Lipinski definition) is 6. The number of hydrogen-bond acceptors (Lipinski definition) is 9. The largest absolute Gasteiger partial charge is 0.444 e. The molecular weight excluding hydrogens is 544 g/mol. The van der Waals surface area contributed by atoms with Crippen molar-refractivity contribution in [3.8, 4) is 0 Å². The third-order valence-electron chi connectivity index (χ3n) is 4.85. The molecule has 0 aromatic heterocycles. The van der Waals surface area contributed by atoms with Crippen molar-refractivity contribution in [1.82, 2.24) is 26.7 Å². The van der Waals surface area contributed by atoms with Crippen molar-refractivity contribution >= 4 is 58.9 Å². The number of nitrogens with one attached hydrogen (secondary N) is 6. The minimum atomic E-state index is -0.899. The molecular formula is C25H40N6O6S2. The van der Waals surface area contributed by atoms with Crippen LogP contribution in [0.4, 0.5) is 10.5 Å². The Kier molecular flexibility index (Phi) is 15.8. The van der Waals surface area contributed by atoms with Crippen molar-refractivity contribution in [2.45, 2.75) is 51.3 Å². The molecule has 0 aliphatic carbocycles. The first-order valence-electron chi connectivity index (χ1n) is 12.4. The lowest BCUT2D eigenvalue weighted by molar-refractivity contribution is -0.131. The van der Waals surface area contributed by atoms with Gasteiger partial charge in [0.05, 0.1) is 18.8 Å². The molecule has 2 atom stereocenters. The van der Waals surface area contributed by atoms with Crippen molar-refractivity contribution < 1.29 is 28.7 Å². The fourth-order valence-corrected chi connectivity index (χ4v) is 3.94. The third-order valence-corrected chi connectivity index (χ3v) is 6.13. The van der Waals surface area contributed by atoms with Crippen molar-refractivity contribution in [1.29, 1.82) is 0 Å². The summed E-state index contributed by atoms with van der Waals surface area (Å²) < 4.78 is 5.22. The van der Waals surface area contributed by atoms with Gasteiger partial charge in [0.25, 0.3) is 5.91 Å². The normalized spacial score (nSPS) is 12.3. The van der Waals surface area contributed by atoms with Crippen molar-refractivity contribution in [2.75, 3.05) is 42.5 Å². The van der Waals surface area contributed by atoms with Crippen molar-refractivity contribution in [3.63, 3.8) is 0 Å². The molecule has 1 rings (SSSR count). The highest BCUT2D eigenvalue weighted by atomic mass is 32.2. The molecule has 0 bridgehead atoms. The fourth-order valence-electron chi connectivity index (χ4n) is 2.99. The predicted molar refractivity (Wildman–Crippen MR) is 155 cm³/mol. The number of amides is 5. The maximum atomic E-state index is 12.7. The van der Waals surface area contributed by atoms with E-state index in [1.165, 1.54) is 23.5 Å². The highest BCUT2D eigenvalue weighted by molar-refractivity contribution is 7.98. The molecule has 14 heteroatoms. The van der Waals surface area contributed by atoms with E-state index in [1.807, 2.05) is 18.6 Å². The van der Waals surface area contributed by atoms with Crippen LogP contribution in [0, 0.1) is 0 Å². The lowest BCUT2D eigenvalue weighted by Crippen LogP contribution is -2.53. The first-order valence-corrected chi connectivity index (χ1v) is 15.2. The number of carbonyl (C=O) groups excluding carboxylic acids is 5. The number of thioether (sulfide) groups is 2. The summed E-state index contributed by atoms with van der Waals surface area (Å²) in [5, 5.41) is 10.2. The lowest BCUT2D eigenvalue weighted by atomic mass is 10.2. The van der Waals surface area contributed by atoms with Gasteiger partial charge in [0.1, 0.15) is 17.7 Å². The van der Waals surface area contributed by atoms with E-state index in [-0.39, 0.29) is 6.54 Å². The van der Waals surface area contributed by atoms with Gasteiger partial charge in [0.15, 0.2) is 0 Å². The summed E-state index contributed by atoms with van der Waals surface area (Å²) in [4.78, 5) is 62.1. The van der Waals surface area contributed by atoms with E-state index < -0.39 is 54.0 Å². The van der Waals surface area contributed by atoms with Crippen molar-refractivity contribution in [2.24, 2.45) is 0 Å². The number of alkyl carbamates (subject to hydrolysis) is 1. The summed E-state index contributed by atoms with van der Waals surface area (Å²) in [6.07, 6.45) is 3.68. The number of anilines is 1. The van der Waals surface area contributed by atoms with E-state index in [0.717, 1.165) is 0 Å². The van der Waals surface area contributed by atoms with Crippen LogP contribution >= 0.6 is 23.5 Å². The molecule has 1 aromatic carbocycles. The minimum absolute atomic E-state index is 0.297. The Morgan fingerprint density at radius 1 is 0.795 bits per heavy atom. The molecule has 0 saturated heterocycles. The molecule has 0 aliphatic heterocycles. The van der Waals surface area contributed by atoms with Crippen LogP contribution in [0.1, 0.15) is 33.6 Å². The number of ether oxygens (including phenoxy) is 1. The molecule has 1 aromatic rings. The molecule has 218 valence electrons. The Morgan fingerprint density at radius 2 is 1.31 bits per heavy atom. The zero-order chi connectivity index (χ0) is 29.3. The molecule has 12 nitrogen and oxygen atoms in total. The molecule has 5 amide bonds. The summed E-state index contributed by atoms with van der Waals surface area (Å²) >= 11 is 3.01. The smallest absolute Gasteiger partial charge is 0.408 e. The van der Waals surface area contributed by atoms with Crippen LogP contribution in [-0.4, -0.2) is 84.5 Å². The molecule has 0 fully saturated rings. The lowest BCUT2D eigenvalue weighted by Gasteiger charge is -2.23. The molecule has 0 heterocycles. The number of benzene rings is 1. The molecule has 0 radical (unpaired) electrons. The molecule has 0 spiro atoms. The first-order chi connectivity index (χ1) is 18.4. The highest BCUT2D eigenvalue weighted by Gasteiger charge is 2.25. The fraction of sp³-hybridized carbons (Fsp3) is 0.560. The van der Waals surface area contributed by atoms with Crippen LogP contribution in [0.15, 0.2) is 30.3 Å². The summed E-state index contributed by atoms with van der Waals surface area (Å²) in [5.41, 5.74) is 5.17. The second-order valence-electron chi connectivity index (χ2n) is 9.36. The Bertz CT molecular complexity index is 945. The topological polar surface area (TPSA) is 167 Å². The Morgan fingerprint density at radius 3 is 1.82 bits per heavy atom. The van der Waals surface area contributed by atoms with Gasteiger partial charge in [-0.3, -0.25) is 30.0 Å². The average Bonchev–Trinajstić information content (AvgIpc) is 2.88. The van der Waals surface area contributed by atoms with Crippen LogP contribution in [0.5, 0.6) is 0 Å². The van der Waals surface area contributed by atoms with Gasteiger partial charge in [-0.2, -0.15) is 23.5 Å². The van der Waals surface area contributed by atoms with Crippen LogP contribution in [0.25, 0.3) is 0 Å². The number of carbonyl (C=O) groups is 5. The maximum absolute atomic E-state index is 12.7. The van der Waals surface area contributed by atoms with Crippen LogP contribution < -0.4 is 32.1 Å². The average molecular weight is 585 g/mol. The monoisotopic (exact) mass is 584 g/mol. The molecule has 6 N–H and O–H groups in total. The molecule has 0 saturated carbocycles. The van der Waals surface area contributed by atoms with Gasteiger partial charge in [-0.1, -0.05) is 18.2 Å². The van der Waals surface area contributed by atoms with E-state index in [9.17, 15) is 24.0 Å². The third kappa shape index (κ3) is 15.8. The summed E-state index contributed by atoms with van der Waals surface area (Å²) in [5.74, 6) is -0.932. The number of para-hydroxylation sites is 1. The summed E-state index contributed by atoms with van der Waals surface area (Å²) in [6, 6.07) is 7.20. The zero-order valence-corrected chi connectivity index (χ0v) is 24.7. The van der Waals surface area contributed by atoms with Crippen LogP contribution in [0.3, 0.4) is 0 Å². The Balaban J connectivity index is 2.59. The first kappa shape index (κ1) is 33.9. The van der Waals surface area contributed by atoms with Gasteiger partial charge in [-0.05, 0) is 69.8 Å². The maximum Gasteiger partial charge on any atom is 0.408 e. The molecule has 0 unspecified atom stereocenters. The van der Waals surface area contributed by atoms with Gasteiger partial charge >= 0.3 is 6.09 Å². The predicted octanol–water partition coefficient (Wildman–Crippen LogP) is 1.25.